The first kappa shape index (κ1) is 19.8. The molecule has 0 spiro atoms. The average Bonchev–Trinajstić information content (AvgIpc) is 3.00. The zero-order valence-electron chi connectivity index (χ0n) is 15.8. The first-order valence-electron chi connectivity index (χ1n) is 8.70. The molecule has 0 unspecified atom stereocenters. The molecule has 0 aliphatic heterocycles. The van der Waals surface area contributed by atoms with Crippen LogP contribution in [0.5, 0.6) is 0 Å². The summed E-state index contributed by atoms with van der Waals surface area (Å²) in [6.07, 6.45) is 0. The number of aryl methyl sites for hydroxylation is 3. The van der Waals surface area contributed by atoms with Crippen LogP contribution in [0, 0.1) is 20.8 Å². The molecular formula is C21H20BrN3O3. The number of ether oxygens (including phenoxy) is 1. The van der Waals surface area contributed by atoms with Gasteiger partial charge < -0.3 is 10.1 Å². The number of anilines is 1. The van der Waals surface area contributed by atoms with E-state index in [1.165, 1.54) is 0 Å². The molecule has 0 saturated carbocycles. The molecule has 0 aliphatic rings. The Balaban J connectivity index is 1.58. The second kappa shape index (κ2) is 8.39. The molecule has 1 N–H and O–H groups in total. The van der Waals surface area contributed by atoms with E-state index in [2.05, 4.69) is 26.3 Å². The lowest BCUT2D eigenvalue weighted by molar-refractivity contribution is -0.119. The van der Waals surface area contributed by atoms with Gasteiger partial charge in [0, 0.05) is 10.2 Å². The van der Waals surface area contributed by atoms with Crippen LogP contribution in [-0.2, 0) is 9.53 Å². The number of nitrogens with one attached hydrogen (secondary N) is 1. The number of nitrogens with zero attached hydrogens (tertiary/aromatic N) is 2. The minimum atomic E-state index is -0.557. The summed E-state index contributed by atoms with van der Waals surface area (Å²) in [6, 6.07) is 14.4. The number of esters is 1. The third-order valence-electron chi connectivity index (χ3n) is 4.09. The molecule has 7 heteroatoms. The Labute approximate surface area is 171 Å². The van der Waals surface area contributed by atoms with Gasteiger partial charge in [-0.1, -0.05) is 6.07 Å². The molecule has 0 atom stereocenters. The zero-order chi connectivity index (χ0) is 20.3. The maximum Gasteiger partial charge on any atom is 0.338 e. The van der Waals surface area contributed by atoms with E-state index < -0.39 is 11.9 Å². The van der Waals surface area contributed by atoms with E-state index in [0.29, 0.717) is 11.3 Å². The van der Waals surface area contributed by atoms with Gasteiger partial charge in [0.1, 0.15) is 0 Å². The van der Waals surface area contributed by atoms with Gasteiger partial charge in [-0.3, -0.25) is 4.79 Å². The van der Waals surface area contributed by atoms with Crippen LogP contribution in [0.3, 0.4) is 0 Å². The van der Waals surface area contributed by atoms with Gasteiger partial charge in [-0.15, -0.1) is 0 Å². The van der Waals surface area contributed by atoms with Gasteiger partial charge in [0.15, 0.2) is 6.61 Å². The van der Waals surface area contributed by atoms with E-state index in [9.17, 15) is 9.59 Å². The molecule has 1 amide bonds. The van der Waals surface area contributed by atoms with Crippen LogP contribution in [0.2, 0.25) is 0 Å². The van der Waals surface area contributed by atoms with E-state index in [0.717, 1.165) is 27.1 Å². The van der Waals surface area contributed by atoms with Crippen molar-refractivity contribution < 1.29 is 14.3 Å². The summed E-state index contributed by atoms with van der Waals surface area (Å²) in [6.45, 7) is 5.49. The predicted octanol–water partition coefficient (Wildman–Crippen LogP) is 4.36. The second-order valence-electron chi connectivity index (χ2n) is 6.49. The highest BCUT2D eigenvalue weighted by atomic mass is 79.9. The van der Waals surface area contributed by atoms with Crippen molar-refractivity contribution in [3.8, 4) is 5.69 Å². The lowest BCUT2D eigenvalue weighted by Gasteiger charge is -2.09. The Kier molecular flexibility index (Phi) is 5.94. The Hall–Kier alpha value is -2.93. The molecular weight excluding hydrogens is 422 g/mol. The lowest BCUT2D eigenvalue weighted by atomic mass is 10.2. The number of aromatic nitrogens is 2. The molecule has 0 saturated heterocycles. The standard InChI is InChI=1S/C21H20BrN3O3/c1-13-4-9-19(18(22)10-13)23-20(26)12-28-21(27)16-5-7-17(8-6-16)25-15(3)11-14(2)24-25/h4-11H,12H2,1-3H3,(H,23,26). The minimum absolute atomic E-state index is 0.363. The Morgan fingerprint density at radius 2 is 1.79 bits per heavy atom. The Morgan fingerprint density at radius 1 is 1.07 bits per heavy atom. The normalized spacial score (nSPS) is 10.6. The summed E-state index contributed by atoms with van der Waals surface area (Å²) < 4.78 is 7.68. The number of amides is 1. The second-order valence-corrected chi connectivity index (χ2v) is 7.35. The van der Waals surface area contributed by atoms with Crippen LogP contribution in [0.4, 0.5) is 5.69 Å². The fourth-order valence-electron chi connectivity index (χ4n) is 2.75. The number of hydrogen-bond acceptors (Lipinski definition) is 4. The van der Waals surface area contributed by atoms with Gasteiger partial charge in [0.25, 0.3) is 5.91 Å². The van der Waals surface area contributed by atoms with Gasteiger partial charge in [0.05, 0.1) is 22.6 Å². The molecule has 0 bridgehead atoms. The first-order valence-corrected chi connectivity index (χ1v) is 9.49. The minimum Gasteiger partial charge on any atom is -0.452 e. The van der Waals surface area contributed by atoms with Crippen LogP contribution in [0.25, 0.3) is 5.69 Å². The van der Waals surface area contributed by atoms with E-state index in [1.807, 2.05) is 39.0 Å². The summed E-state index contributed by atoms with van der Waals surface area (Å²) in [4.78, 5) is 24.2. The lowest BCUT2D eigenvalue weighted by Crippen LogP contribution is -2.21. The molecule has 0 aliphatic carbocycles. The molecule has 3 aromatic rings. The van der Waals surface area contributed by atoms with Crippen LogP contribution >= 0.6 is 15.9 Å². The summed E-state index contributed by atoms with van der Waals surface area (Å²) in [5.41, 5.74) is 4.85. The largest absolute Gasteiger partial charge is 0.452 e. The number of carbonyl (C=O) groups excluding carboxylic acids is 2. The number of benzene rings is 2. The van der Waals surface area contributed by atoms with Gasteiger partial charge >= 0.3 is 5.97 Å². The monoisotopic (exact) mass is 441 g/mol. The zero-order valence-corrected chi connectivity index (χ0v) is 17.4. The Morgan fingerprint density at radius 3 is 2.39 bits per heavy atom. The smallest absolute Gasteiger partial charge is 0.338 e. The molecule has 0 fully saturated rings. The fourth-order valence-corrected chi connectivity index (χ4v) is 3.34. The van der Waals surface area contributed by atoms with Crippen molar-refractivity contribution in [2.45, 2.75) is 20.8 Å². The fraction of sp³-hybridized carbons (Fsp3) is 0.190. The van der Waals surface area contributed by atoms with E-state index in [1.54, 1.807) is 35.0 Å². The van der Waals surface area contributed by atoms with Gasteiger partial charge in [-0.2, -0.15) is 5.10 Å². The molecule has 1 aromatic heterocycles. The molecule has 3 rings (SSSR count). The highest BCUT2D eigenvalue weighted by molar-refractivity contribution is 9.10. The first-order chi connectivity index (χ1) is 13.3. The topological polar surface area (TPSA) is 73.2 Å². The quantitative estimate of drug-likeness (QED) is 0.597. The van der Waals surface area contributed by atoms with Crippen LogP contribution < -0.4 is 5.32 Å². The van der Waals surface area contributed by atoms with Crippen molar-refractivity contribution in [2.24, 2.45) is 0 Å². The van der Waals surface area contributed by atoms with Gasteiger partial charge in [-0.05, 0) is 84.7 Å². The summed E-state index contributed by atoms with van der Waals surface area (Å²) in [7, 11) is 0. The molecule has 0 radical (unpaired) electrons. The van der Waals surface area contributed by atoms with Crippen LogP contribution in [-0.4, -0.2) is 28.3 Å². The van der Waals surface area contributed by atoms with Crippen molar-refractivity contribution in [1.29, 1.82) is 0 Å². The summed E-state index contributed by atoms with van der Waals surface area (Å²) in [5.74, 6) is -0.963. The maximum atomic E-state index is 12.2. The molecule has 2 aromatic carbocycles. The predicted molar refractivity (Wildman–Crippen MR) is 111 cm³/mol. The summed E-state index contributed by atoms with van der Waals surface area (Å²) >= 11 is 3.40. The maximum absolute atomic E-state index is 12.2. The Bertz CT molecular complexity index is 1030. The average molecular weight is 442 g/mol. The summed E-state index contributed by atoms with van der Waals surface area (Å²) in [5, 5.41) is 7.12. The molecule has 28 heavy (non-hydrogen) atoms. The van der Waals surface area contributed by atoms with Crippen molar-refractivity contribution in [2.75, 3.05) is 11.9 Å². The highest BCUT2D eigenvalue weighted by Gasteiger charge is 2.12. The number of halogens is 1. The van der Waals surface area contributed by atoms with Crippen molar-refractivity contribution >= 4 is 33.5 Å². The van der Waals surface area contributed by atoms with Crippen LogP contribution in [0.1, 0.15) is 27.3 Å². The number of hydrogen-bond donors (Lipinski definition) is 1. The van der Waals surface area contributed by atoms with Crippen molar-refractivity contribution in [3.63, 3.8) is 0 Å². The molecule has 144 valence electrons. The van der Waals surface area contributed by atoms with E-state index >= 15 is 0 Å². The van der Waals surface area contributed by atoms with Gasteiger partial charge in [0.2, 0.25) is 0 Å². The van der Waals surface area contributed by atoms with Crippen LogP contribution in [0.15, 0.2) is 53.0 Å². The van der Waals surface area contributed by atoms with E-state index in [4.69, 9.17) is 4.74 Å². The molecule has 6 nitrogen and oxygen atoms in total. The highest BCUT2D eigenvalue weighted by Crippen LogP contribution is 2.23. The molecule has 1 heterocycles. The number of rotatable bonds is 5. The van der Waals surface area contributed by atoms with Gasteiger partial charge in [-0.25, -0.2) is 9.48 Å². The van der Waals surface area contributed by atoms with E-state index in [-0.39, 0.29) is 6.61 Å². The van der Waals surface area contributed by atoms with Crippen molar-refractivity contribution in [1.82, 2.24) is 9.78 Å². The SMILES string of the molecule is Cc1ccc(NC(=O)COC(=O)c2ccc(-n3nc(C)cc3C)cc2)c(Br)c1. The third kappa shape index (κ3) is 4.67. The van der Waals surface area contributed by atoms with Crippen molar-refractivity contribution in [3.05, 3.63) is 75.5 Å². The third-order valence-corrected chi connectivity index (χ3v) is 4.75. The number of carbonyl (C=O) groups is 2.